The largest absolute Gasteiger partial charge is 0.341 e. The van der Waals surface area contributed by atoms with Gasteiger partial charge in [-0.05, 0) is 38.8 Å². The van der Waals surface area contributed by atoms with Gasteiger partial charge in [-0.25, -0.2) is 0 Å². The SMILES string of the molecule is CN(C(=O)CN1CCCC1=O)C1CCCNCC1. The summed E-state index contributed by atoms with van der Waals surface area (Å²) in [6.07, 6.45) is 4.68. The first-order valence-corrected chi connectivity index (χ1v) is 6.92. The molecule has 0 aromatic heterocycles. The molecule has 0 aromatic rings. The van der Waals surface area contributed by atoms with E-state index in [1.807, 2.05) is 11.9 Å². The zero-order chi connectivity index (χ0) is 13.0. The van der Waals surface area contributed by atoms with E-state index in [1.165, 1.54) is 0 Å². The third kappa shape index (κ3) is 3.22. The average molecular weight is 253 g/mol. The Morgan fingerprint density at radius 3 is 2.94 bits per heavy atom. The number of rotatable bonds is 3. The molecule has 2 aliphatic heterocycles. The fourth-order valence-electron chi connectivity index (χ4n) is 2.74. The van der Waals surface area contributed by atoms with Gasteiger partial charge in [-0.3, -0.25) is 9.59 Å². The molecular weight excluding hydrogens is 230 g/mol. The van der Waals surface area contributed by atoms with Gasteiger partial charge in [0.25, 0.3) is 0 Å². The molecule has 1 atom stereocenters. The Bertz CT molecular complexity index is 311. The topological polar surface area (TPSA) is 52.7 Å². The van der Waals surface area contributed by atoms with Gasteiger partial charge in [0, 0.05) is 26.1 Å². The van der Waals surface area contributed by atoms with Gasteiger partial charge in [-0.15, -0.1) is 0 Å². The van der Waals surface area contributed by atoms with E-state index in [0.717, 1.165) is 45.3 Å². The van der Waals surface area contributed by atoms with E-state index in [-0.39, 0.29) is 18.4 Å². The van der Waals surface area contributed by atoms with Crippen LogP contribution in [-0.4, -0.2) is 60.9 Å². The molecule has 5 nitrogen and oxygen atoms in total. The molecule has 2 fully saturated rings. The van der Waals surface area contributed by atoms with Crippen molar-refractivity contribution in [3.8, 4) is 0 Å². The fourth-order valence-corrected chi connectivity index (χ4v) is 2.74. The highest BCUT2D eigenvalue weighted by Gasteiger charge is 2.26. The number of nitrogens with zero attached hydrogens (tertiary/aromatic N) is 2. The van der Waals surface area contributed by atoms with E-state index in [0.29, 0.717) is 12.5 Å². The lowest BCUT2D eigenvalue weighted by atomic mass is 10.1. The molecule has 18 heavy (non-hydrogen) atoms. The lowest BCUT2D eigenvalue weighted by molar-refractivity contribution is -0.139. The summed E-state index contributed by atoms with van der Waals surface area (Å²) in [4.78, 5) is 27.2. The second kappa shape index (κ2) is 6.18. The molecule has 2 aliphatic rings. The number of hydrogen-bond acceptors (Lipinski definition) is 3. The normalized spacial score (nSPS) is 25.1. The first-order valence-electron chi connectivity index (χ1n) is 6.92. The van der Waals surface area contributed by atoms with Crippen LogP contribution in [-0.2, 0) is 9.59 Å². The van der Waals surface area contributed by atoms with Gasteiger partial charge < -0.3 is 15.1 Å². The highest BCUT2D eigenvalue weighted by molar-refractivity contribution is 5.85. The molecule has 2 rings (SSSR count). The number of likely N-dealkylation sites (tertiary alicyclic amines) is 1. The van der Waals surface area contributed by atoms with Gasteiger partial charge in [0.05, 0.1) is 6.54 Å². The monoisotopic (exact) mass is 253 g/mol. The zero-order valence-electron chi connectivity index (χ0n) is 11.2. The number of nitrogens with one attached hydrogen (secondary N) is 1. The van der Waals surface area contributed by atoms with E-state index >= 15 is 0 Å². The van der Waals surface area contributed by atoms with Crippen molar-refractivity contribution in [1.82, 2.24) is 15.1 Å². The predicted octanol–water partition coefficient (Wildman–Crippen LogP) is 0.209. The van der Waals surface area contributed by atoms with Gasteiger partial charge in [0.15, 0.2) is 0 Å². The Kier molecular flexibility index (Phi) is 4.58. The minimum Gasteiger partial charge on any atom is -0.341 e. The number of carbonyl (C=O) groups is 2. The first-order chi connectivity index (χ1) is 8.68. The lowest BCUT2D eigenvalue weighted by Gasteiger charge is -2.28. The number of hydrogen-bond donors (Lipinski definition) is 1. The van der Waals surface area contributed by atoms with E-state index in [4.69, 9.17) is 0 Å². The van der Waals surface area contributed by atoms with Crippen molar-refractivity contribution in [1.29, 1.82) is 0 Å². The van der Waals surface area contributed by atoms with Crippen LogP contribution in [0.3, 0.4) is 0 Å². The molecule has 0 spiro atoms. The second-order valence-corrected chi connectivity index (χ2v) is 5.26. The van der Waals surface area contributed by atoms with E-state index < -0.39 is 0 Å². The number of likely N-dealkylation sites (N-methyl/N-ethyl adjacent to an activating group) is 1. The molecule has 0 radical (unpaired) electrons. The maximum Gasteiger partial charge on any atom is 0.242 e. The van der Waals surface area contributed by atoms with Gasteiger partial charge in [0.1, 0.15) is 0 Å². The molecule has 2 heterocycles. The van der Waals surface area contributed by atoms with Crippen LogP contribution in [0.4, 0.5) is 0 Å². The summed E-state index contributed by atoms with van der Waals surface area (Å²) in [6.45, 7) is 3.03. The van der Waals surface area contributed by atoms with Crippen molar-refractivity contribution in [2.24, 2.45) is 0 Å². The maximum absolute atomic E-state index is 12.2. The Labute approximate surface area is 108 Å². The van der Waals surface area contributed by atoms with Crippen LogP contribution in [0.2, 0.25) is 0 Å². The maximum atomic E-state index is 12.2. The van der Waals surface area contributed by atoms with Crippen molar-refractivity contribution in [3.63, 3.8) is 0 Å². The fraction of sp³-hybridized carbons (Fsp3) is 0.846. The second-order valence-electron chi connectivity index (χ2n) is 5.26. The minimum atomic E-state index is 0.0807. The van der Waals surface area contributed by atoms with Crippen molar-refractivity contribution in [3.05, 3.63) is 0 Å². The third-order valence-electron chi connectivity index (χ3n) is 3.98. The van der Waals surface area contributed by atoms with E-state index in [1.54, 1.807) is 4.90 Å². The van der Waals surface area contributed by atoms with Gasteiger partial charge in [0.2, 0.25) is 11.8 Å². The van der Waals surface area contributed by atoms with Crippen LogP contribution in [0.1, 0.15) is 32.1 Å². The Morgan fingerprint density at radius 2 is 2.22 bits per heavy atom. The highest BCUT2D eigenvalue weighted by Crippen LogP contribution is 2.14. The summed E-state index contributed by atoms with van der Waals surface area (Å²) in [7, 11) is 1.87. The molecule has 1 N–H and O–H groups in total. The summed E-state index contributed by atoms with van der Waals surface area (Å²) < 4.78 is 0. The van der Waals surface area contributed by atoms with Gasteiger partial charge in [-0.1, -0.05) is 0 Å². The lowest BCUT2D eigenvalue weighted by Crippen LogP contribution is -2.44. The first kappa shape index (κ1) is 13.3. The van der Waals surface area contributed by atoms with Crippen molar-refractivity contribution >= 4 is 11.8 Å². The Morgan fingerprint density at radius 1 is 1.39 bits per heavy atom. The van der Waals surface area contributed by atoms with E-state index in [2.05, 4.69) is 5.32 Å². The average Bonchev–Trinajstić information content (AvgIpc) is 2.63. The molecule has 0 aromatic carbocycles. The van der Waals surface area contributed by atoms with Crippen LogP contribution < -0.4 is 5.32 Å². The molecule has 1 unspecified atom stereocenters. The summed E-state index contributed by atoms with van der Waals surface area (Å²) in [5.74, 6) is 0.205. The van der Waals surface area contributed by atoms with Crippen molar-refractivity contribution < 1.29 is 9.59 Å². The summed E-state index contributed by atoms with van der Waals surface area (Å²) in [5, 5.41) is 3.35. The standard InChI is InChI=1S/C13H23N3O2/c1-15(11-4-2-7-14-8-6-11)13(18)10-16-9-3-5-12(16)17/h11,14H,2-10H2,1H3. The molecular formula is C13H23N3O2. The zero-order valence-corrected chi connectivity index (χ0v) is 11.2. The van der Waals surface area contributed by atoms with Crippen LogP contribution in [0.15, 0.2) is 0 Å². The van der Waals surface area contributed by atoms with Gasteiger partial charge >= 0.3 is 0 Å². The number of amides is 2. The Hall–Kier alpha value is -1.10. The molecule has 102 valence electrons. The summed E-state index contributed by atoms with van der Waals surface area (Å²) >= 11 is 0. The predicted molar refractivity (Wildman–Crippen MR) is 69.1 cm³/mol. The van der Waals surface area contributed by atoms with Crippen LogP contribution >= 0.6 is 0 Å². The molecule has 5 heteroatoms. The summed E-state index contributed by atoms with van der Waals surface area (Å²) in [6, 6.07) is 0.324. The highest BCUT2D eigenvalue weighted by atomic mass is 16.2. The van der Waals surface area contributed by atoms with Crippen LogP contribution in [0, 0.1) is 0 Å². The quantitative estimate of drug-likeness (QED) is 0.782. The molecule has 2 amide bonds. The number of carbonyl (C=O) groups excluding carboxylic acids is 2. The minimum absolute atomic E-state index is 0.0807. The molecule has 0 saturated carbocycles. The molecule has 0 bridgehead atoms. The van der Waals surface area contributed by atoms with Gasteiger partial charge in [-0.2, -0.15) is 0 Å². The summed E-state index contributed by atoms with van der Waals surface area (Å²) in [5.41, 5.74) is 0. The Balaban J connectivity index is 1.85. The molecule has 2 saturated heterocycles. The van der Waals surface area contributed by atoms with Crippen molar-refractivity contribution in [2.45, 2.75) is 38.1 Å². The van der Waals surface area contributed by atoms with Crippen LogP contribution in [0.5, 0.6) is 0 Å². The smallest absolute Gasteiger partial charge is 0.242 e. The van der Waals surface area contributed by atoms with E-state index in [9.17, 15) is 9.59 Å². The third-order valence-corrected chi connectivity index (χ3v) is 3.98. The van der Waals surface area contributed by atoms with Crippen molar-refractivity contribution in [2.75, 3.05) is 33.2 Å². The van der Waals surface area contributed by atoms with Crippen LogP contribution in [0.25, 0.3) is 0 Å². The molecule has 0 aliphatic carbocycles.